The molecule has 22 heavy (non-hydrogen) atoms. The van der Waals surface area contributed by atoms with Crippen LogP contribution < -0.4 is 10.4 Å². The Morgan fingerprint density at radius 2 is 1.95 bits per heavy atom. The van der Waals surface area contributed by atoms with Crippen LogP contribution in [0.1, 0.15) is 12.8 Å². The number of carbonyl (C=O) groups is 2. The summed E-state index contributed by atoms with van der Waals surface area (Å²) in [7, 11) is -2.71. The maximum atomic E-state index is 12.5. The Balaban J connectivity index is 2.23. The standard InChI is InChI=1S/C13H16N2O6S/c1-21-13(18)14-9-4-6-10(7-5-9)22(19,20)15-8-2-3-11(15)12(16)17/h4-7,11H,2-3,8H2,1H3,(H,14,18)(H,16,17)/p-1/t11-/m1/s1. The average Bonchev–Trinajstić information content (AvgIpc) is 2.98. The van der Waals surface area contributed by atoms with Gasteiger partial charge in [0.1, 0.15) is 0 Å². The van der Waals surface area contributed by atoms with Crippen molar-refractivity contribution in [3.05, 3.63) is 24.3 Å². The van der Waals surface area contributed by atoms with Crippen molar-refractivity contribution in [2.75, 3.05) is 19.0 Å². The predicted molar refractivity (Wildman–Crippen MR) is 74.4 cm³/mol. The fourth-order valence-corrected chi connectivity index (χ4v) is 3.92. The number of rotatable bonds is 4. The van der Waals surface area contributed by atoms with Gasteiger partial charge in [-0.3, -0.25) is 5.32 Å². The number of benzene rings is 1. The molecule has 0 radical (unpaired) electrons. The molecule has 1 N–H and O–H groups in total. The topological polar surface area (TPSA) is 116 Å². The van der Waals surface area contributed by atoms with Crippen LogP contribution >= 0.6 is 0 Å². The van der Waals surface area contributed by atoms with Crippen LogP contribution in [-0.4, -0.2) is 44.5 Å². The van der Waals surface area contributed by atoms with Gasteiger partial charge < -0.3 is 14.6 Å². The molecule has 1 fully saturated rings. The number of nitrogens with one attached hydrogen (secondary N) is 1. The number of ether oxygens (including phenoxy) is 1. The quantitative estimate of drug-likeness (QED) is 0.816. The van der Waals surface area contributed by atoms with Crippen LogP contribution in [0.3, 0.4) is 0 Å². The summed E-state index contributed by atoms with van der Waals surface area (Å²) in [5.74, 6) is -1.40. The van der Waals surface area contributed by atoms with E-state index in [0.29, 0.717) is 12.1 Å². The predicted octanol–water partition coefficient (Wildman–Crippen LogP) is -0.232. The van der Waals surface area contributed by atoms with Crippen molar-refractivity contribution in [3.8, 4) is 0 Å². The summed E-state index contributed by atoms with van der Waals surface area (Å²) in [5, 5.41) is 13.4. The highest BCUT2D eigenvalue weighted by molar-refractivity contribution is 7.89. The van der Waals surface area contributed by atoms with E-state index in [1.165, 1.54) is 31.4 Å². The maximum absolute atomic E-state index is 12.5. The molecule has 9 heteroatoms. The minimum atomic E-state index is -3.92. The van der Waals surface area contributed by atoms with Crippen molar-refractivity contribution >= 4 is 27.8 Å². The minimum absolute atomic E-state index is 0.0453. The number of carboxylic acid groups (broad SMARTS) is 1. The molecule has 1 aromatic carbocycles. The van der Waals surface area contributed by atoms with Gasteiger partial charge in [0.15, 0.2) is 0 Å². The molecular weight excluding hydrogens is 312 g/mol. The van der Waals surface area contributed by atoms with Crippen LogP contribution in [0, 0.1) is 0 Å². The zero-order chi connectivity index (χ0) is 16.3. The summed E-state index contributed by atoms with van der Waals surface area (Å²) < 4.78 is 30.3. The second-order valence-corrected chi connectivity index (χ2v) is 6.62. The van der Waals surface area contributed by atoms with Crippen molar-refractivity contribution < 1.29 is 27.9 Å². The minimum Gasteiger partial charge on any atom is -0.548 e. The van der Waals surface area contributed by atoms with Crippen LogP contribution in [-0.2, 0) is 19.6 Å². The lowest BCUT2D eigenvalue weighted by Crippen LogP contribution is -2.46. The highest BCUT2D eigenvalue weighted by Gasteiger charge is 2.35. The molecule has 1 heterocycles. The first kappa shape index (κ1) is 16.2. The fourth-order valence-electron chi connectivity index (χ4n) is 2.28. The first-order valence-electron chi connectivity index (χ1n) is 6.54. The van der Waals surface area contributed by atoms with Crippen LogP contribution in [0.2, 0.25) is 0 Å². The smallest absolute Gasteiger partial charge is 0.411 e. The first-order chi connectivity index (χ1) is 10.4. The first-order valence-corrected chi connectivity index (χ1v) is 7.98. The number of carbonyl (C=O) groups excluding carboxylic acids is 2. The summed E-state index contributed by atoms with van der Waals surface area (Å²) >= 11 is 0. The molecule has 2 rings (SSSR count). The van der Waals surface area contributed by atoms with Crippen molar-refractivity contribution in [3.63, 3.8) is 0 Å². The Morgan fingerprint density at radius 1 is 1.32 bits per heavy atom. The zero-order valence-electron chi connectivity index (χ0n) is 11.8. The Labute approximate surface area is 127 Å². The van der Waals surface area contributed by atoms with Gasteiger partial charge in [-0.25, -0.2) is 13.2 Å². The van der Waals surface area contributed by atoms with Gasteiger partial charge in [0, 0.05) is 12.2 Å². The summed E-state index contributed by atoms with van der Waals surface area (Å²) in [6.07, 6.45) is 0.0378. The molecule has 1 aromatic rings. The molecule has 1 aliphatic heterocycles. The number of aliphatic carboxylic acids is 1. The highest BCUT2D eigenvalue weighted by Crippen LogP contribution is 2.26. The van der Waals surface area contributed by atoms with E-state index in [4.69, 9.17) is 0 Å². The van der Waals surface area contributed by atoms with Gasteiger partial charge in [-0.1, -0.05) is 0 Å². The van der Waals surface area contributed by atoms with Gasteiger partial charge in [0.25, 0.3) is 0 Å². The number of hydrogen-bond acceptors (Lipinski definition) is 6. The number of carboxylic acids is 1. The molecule has 1 amide bonds. The van der Waals surface area contributed by atoms with Crippen LogP contribution in [0.25, 0.3) is 0 Å². The van der Waals surface area contributed by atoms with E-state index in [1.807, 2.05) is 0 Å². The number of anilines is 1. The summed E-state index contributed by atoms with van der Waals surface area (Å²) in [6, 6.07) is 4.25. The van der Waals surface area contributed by atoms with E-state index in [2.05, 4.69) is 10.1 Å². The third kappa shape index (κ3) is 3.20. The highest BCUT2D eigenvalue weighted by atomic mass is 32.2. The molecule has 0 aliphatic carbocycles. The number of hydrogen-bond donors (Lipinski definition) is 1. The molecule has 0 bridgehead atoms. The zero-order valence-corrected chi connectivity index (χ0v) is 12.6. The molecule has 1 atom stereocenters. The molecule has 1 aliphatic rings. The fraction of sp³-hybridized carbons (Fsp3) is 0.385. The van der Waals surface area contributed by atoms with Gasteiger partial charge in [0.05, 0.1) is 24.0 Å². The third-order valence-corrected chi connectivity index (χ3v) is 5.29. The molecular formula is C13H15N2O6S-. The van der Waals surface area contributed by atoms with Gasteiger partial charge in [0.2, 0.25) is 10.0 Å². The molecule has 0 spiro atoms. The SMILES string of the molecule is COC(=O)Nc1ccc(S(=O)(=O)N2CCC[C@@H]2C(=O)[O-])cc1. The lowest BCUT2D eigenvalue weighted by Gasteiger charge is -2.24. The largest absolute Gasteiger partial charge is 0.548 e. The molecule has 0 aromatic heterocycles. The number of methoxy groups -OCH3 is 1. The van der Waals surface area contributed by atoms with Gasteiger partial charge >= 0.3 is 6.09 Å². The van der Waals surface area contributed by atoms with Crippen molar-refractivity contribution in [2.45, 2.75) is 23.8 Å². The Kier molecular flexibility index (Phi) is 4.67. The second kappa shape index (κ2) is 6.32. The Bertz CT molecular complexity index is 670. The molecule has 1 saturated heterocycles. The summed E-state index contributed by atoms with van der Waals surface area (Å²) in [5.41, 5.74) is 0.365. The Hall–Kier alpha value is -2.13. The lowest BCUT2D eigenvalue weighted by molar-refractivity contribution is -0.309. The van der Waals surface area contributed by atoms with E-state index in [-0.39, 0.29) is 17.9 Å². The number of sulfonamides is 1. The molecule has 120 valence electrons. The Morgan fingerprint density at radius 3 is 2.50 bits per heavy atom. The van der Waals surface area contributed by atoms with E-state index in [9.17, 15) is 23.1 Å². The summed E-state index contributed by atoms with van der Waals surface area (Å²) in [4.78, 5) is 22.0. The normalized spacial score (nSPS) is 18.9. The number of nitrogens with zero attached hydrogens (tertiary/aromatic N) is 1. The lowest BCUT2D eigenvalue weighted by atomic mass is 10.2. The van der Waals surface area contributed by atoms with Gasteiger partial charge in [-0.05, 0) is 37.1 Å². The van der Waals surface area contributed by atoms with E-state index < -0.39 is 28.1 Å². The summed E-state index contributed by atoms with van der Waals surface area (Å²) in [6.45, 7) is 0.142. The second-order valence-electron chi connectivity index (χ2n) is 4.73. The third-order valence-electron chi connectivity index (χ3n) is 3.37. The molecule has 0 unspecified atom stereocenters. The molecule has 8 nitrogen and oxygen atoms in total. The van der Waals surface area contributed by atoms with Gasteiger partial charge in [-0.15, -0.1) is 0 Å². The van der Waals surface area contributed by atoms with E-state index in [1.54, 1.807) is 0 Å². The monoisotopic (exact) mass is 327 g/mol. The maximum Gasteiger partial charge on any atom is 0.411 e. The number of amides is 1. The van der Waals surface area contributed by atoms with Gasteiger partial charge in [-0.2, -0.15) is 4.31 Å². The van der Waals surface area contributed by atoms with Crippen LogP contribution in [0.5, 0.6) is 0 Å². The van der Waals surface area contributed by atoms with Crippen molar-refractivity contribution in [1.82, 2.24) is 4.31 Å². The van der Waals surface area contributed by atoms with Crippen molar-refractivity contribution in [1.29, 1.82) is 0 Å². The van der Waals surface area contributed by atoms with E-state index in [0.717, 1.165) is 4.31 Å². The van der Waals surface area contributed by atoms with Crippen molar-refractivity contribution in [2.24, 2.45) is 0 Å². The van der Waals surface area contributed by atoms with E-state index >= 15 is 0 Å². The van der Waals surface area contributed by atoms with Crippen LogP contribution in [0.4, 0.5) is 10.5 Å². The average molecular weight is 327 g/mol. The molecule has 0 saturated carbocycles. The van der Waals surface area contributed by atoms with Crippen LogP contribution in [0.15, 0.2) is 29.2 Å².